The van der Waals surface area contributed by atoms with Crippen LogP contribution in [-0.2, 0) is 14.3 Å². The van der Waals surface area contributed by atoms with Gasteiger partial charge in [0.15, 0.2) is 6.61 Å². The van der Waals surface area contributed by atoms with Crippen LogP contribution in [-0.4, -0.2) is 38.0 Å². The highest BCUT2D eigenvalue weighted by Gasteiger charge is 2.09. The SMILES string of the molecule is CCNC(=O)c1cccc(NC(=O)COC(=O)/C=C/c2cc(Br)ccc2OC)c1. The van der Waals surface area contributed by atoms with Gasteiger partial charge in [0.2, 0.25) is 0 Å². The van der Waals surface area contributed by atoms with Crippen molar-refractivity contribution in [2.45, 2.75) is 6.92 Å². The second-order valence-electron chi connectivity index (χ2n) is 5.82. The third-order valence-electron chi connectivity index (χ3n) is 3.68. The molecule has 0 saturated heterocycles. The molecule has 2 N–H and O–H groups in total. The van der Waals surface area contributed by atoms with Crippen molar-refractivity contribution in [1.29, 1.82) is 0 Å². The molecule has 2 aromatic carbocycles. The first-order chi connectivity index (χ1) is 13.9. The van der Waals surface area contributed by atoms with Gasteiger partial charge in [-0.2, -0.15) is 0 Å². The van der Waals surface area contributed by atoms with Crippen LogP contribution in [0.15, 0.2) is 53.0 Å². The summed E-state index contributed by atoms with van der Waals surface area (Å²) in [7, 11) is 1.53. The van der Waals surface area contributed by atoms with E-state index in [4.69, 9.17) is 9.47 Å². The predicted octanol–water partition coefficient (Wildman–Crippen LogP) is 3.40. The van der Waals surface area contributed by atoms with Crippen LogP contribution < -0.4 is 15.4 Å². The number of esters is 1. The lowest BCUT2D eigenvalue weighted by molar-refractivity contribution is -0.142. The Kier molecular flexibility index (Phi) is 8.42. The summed E-state index contributed by atoms with van der Waals surface area (Å²) < 4.78 is 11.0. The quantitative estimate of drug-likeness (QED) is 0.464. The first kappa shape index (κ1) is 22.2. The Morgan fingerprint density at radius 2 is 1.93 bits per heavy atom. The van der Waals surface area contributed by atoms with Gasteiger partial charge in [0, 0.05) is 33.9 Å². The molecule has 0 aliphatic heterocycles. The molecule has 0 aromatic heterocycles. The second-order valence-corrected chi connectivity index (χ2v) is 6.73. The number of hydrogen-bond acceptors (Lipinski definition) is 5. The van der Waals surface area contributed by atoms with E-state index in [1.807, 2.05) is 13.0 Å². The fourth-order valence-electron chi connectivity index (χ4n) is 2.38. The number of ether oxygens (including phenoxy) is 2. The lowest BCUT2D eigenvalue weighted by Crippen LogP contribution is -2.23. The van der Waals surface area contributed by atoms with Gasteiger partial charge in [-0.25, -0.2) is 4.79 Å². The van der Waals surface area contributed by atoms with Gasteiger partial charge in [0.25, 0.3) is 11.8 Å². The third kappa shape index (κ3) is 7.08. The molecular weight excluding hydrogens is 440 g/mol. The summed E-state index contributed by atoms with van der Waals surface area (Å²) in [6.45, 7) is 1.87. The molecule has 0 saturated carbocycles. The van der Waals surface area contributed by atoms with Gasteiger partial charge in [0.05, 0.1) is 7.11 Å². The molecule has 152 valence electrons. The maximum absolute atomic E-state index is 12.0. The Bertz CT molecular complexity index is 927. The minimum Gasteiger partial charge on any atom is -0.496 e. The van der Waals surface area contributed by atoms with Crippen LogP contribution in [0.5, 0.6) is 5.75 Å². The summed E-state index contributed by atoms with van der Waals surface area (Å²) in [6, 6.07) is 11.8. The van der Waals surface area contributed by atoms with Crippen LogP contribution in [0.3, 0.4) is 0 Å². The first-order valence-corrected chi connectivity index (χ1v) is 9.58. The van der Waals surface area contributed by atoms with Gasteiger partial charge in [0.1, 0.15) is 5.75 Å². The van der Waals surface area contributed by atoms with Crippen LogP contribution in [0, 0.1) is 0 Å². The Labute approximate surface area is 177 Å². The average molecular weight is 461 g/mol. The summed E-state index contributed by atoms with van der Waals surface area (Å²) in [4.78, 5) is 35.7. The van der Waals surface area contributed by atoms with Gasteiger partial charge < -0.3 is 20.1 Å². The highest BCUT2D eigenvalue weighted by atomic mass is 79.9. The van der Waals surface area contributed by atoms with Crippen LogP contribution in [0.1, 0.15) is 22.8 Å². The van der Waals surface area contributed by atoms with Crippen molar-refractivity contribution in [1.82, 2.24) is 5.32 Å². The number of methoxy groups -OCH3 is 1. The monoisotopic (exact) mass is 460 g/mol. The normalized spacial score (nSPS) is 10.4. The lowest BCUT2D eigenvalue weighted by atomic mass is 10.2. The number of benzene rings is 2. The Morgan fingerprint density at radius 3 is 2.66 bits per heavy atom. The molecule has 0 heterocycles. The standard InChI is InChI=1S/C21H21BrN2O5/c1-3-23-21(27)15-5-4-6-17(12-15)24-19(25)13-29-20(26)10-7-14-11-16(22)8-9-18(14)28-2/h4-12H,3,13H2,1-2H3,(H,23,27)(H,24,25)/b10-7+. The molecular formula is C21H21BrN2O5. The van der Waals surface area contributed by atoms with E-state index < -0.39 is 18.5 Å². The van der Waals surface area contributed by atoms with E-state index in [0.29, 0.717) is 29.1 Å². The van der Waals surface area contributed by atoms with Crippen LogP contribution in [0.2, 0.25) is 0 Å². The van der Waals surface area contributed by atoms with E-state index in [2.05, 4.69) is 26.6 Å². The number of carbonyl (C=O) groups is 3. The number of carbonyl (C=O) groups excluding carboxylic acids is 3. The highest BCUT2D eigenvalue weighted by Crippen LogP contribution is 2.24. The smallest absolute Gasteiger partial charge is 0.331 e. The molecule has 2 aromatic rings. The van der Waals surface area contributed by atoms with Crippen molar-refractivity contribution in [3.63, 3.8) is 0 Å². The lowest BCUT2D eigenvalue weighted by Gasteiger charge is -2.08. The molecule has 0 bridgehead atoms. The number of nitrogens with one attached hydrogen (secondary N) is 2. The van der Waals surface area contributed by atoms with E-state index in [-0.39, 0.29) is 5.91 Å². The summed E-state index contributed by atoms with van der Waals surface area (Å²) in [5.74, 6) is -0.816. The van der Waals surface area contributed by atoms with Crippen molar-refractivity contribution in [3.05, 3.63) is 64.1 Å². The van der Waals surface area contributed by atoms with Gasteiger partial charge in [-0.05, 0) is 49.4 Å². The van der Waals surface area contributed by atoms with Crippen LogP contribution >= 0.6 is 15.9 Å². The summed E-state index contributed by atoms with van der Waals surface area (Å²) in [6.07, 6.45) is 2.76. The zero-order valence-electron chi connectivity index (χ0n) is 16.0. The molecule has 29 heavy (non-hydrogen) atoms. The Hall–Kier alpha value is -3.13. The van der Waals surface area contributed by atoms with Gasteiger partial charge >= 0.3 is 5.97 Å². The molecule has 0 radical (unpaired) electrons. The fourth-order valence-corrected chi connectivity index (χ4v) is 2.75. The van der Waals surface area contributed by atoms with Gasteiger partial charge in [-0.1, -0.05) is 22.0 Å². The first-order valence-electron chi connectivity index (χ1n) is 8.79. The number of hydrogen-bond donors (Lipinski definition) is 2. The van der Waals surface area contributed by atoms with E-state index >= 15 is 0 Å². The molecule has 0 unspecified atom stereocenters. The number of halogens is 1. The minimum atomic E-state index is -0.668. The van der Waals surface area contributed by atoms with Crippen LogP contribution in [0.25, 0.3) is 6.08 Å². The van der Waals surface area contributed by atoms with E-state index in [9.17, 15) is 14.4 Å². The zero-order valence-corrected chi connectivity index (χ0v) is 17.6. The maximum atomic E-state index is 12.0. The summed E-state index contributed by atoms with van der Waals surface area (Å²) >= 11 is 3.35. The number of rotatable bonds is 8. The molecule has 7 nitrogen and oxygen atoms in total. The molecule has 2 rings (SSSR count). The number of anilines is 1. The Balaban J connectivity index is 1.89. The highest BCUT2D eigenvalue weighted by molar-refractivity contribution is 9.10. The molecule has 0 aliphatic rings. The van der Waals surface area contributed by atoms with Crippen LogP contribution in [0.4, 0.5) is 5.69 Å². The summed E-state index contributed by atoms with van der Waals surface area (Å²) in [5.41, 5.74) is 1.54. The second kappa shape index (κ2) is 11.0. The topological polar surface area (TPSA) is 93.7 Å². The predicted molar refractivity (Wildman–Crippen MR) is 114 cm³/mol. The van der Waals surface area contributed by atoms with Crippen molar-refractivity contribution in [2.75, 3.05) is 25.6 Å². The van der Waals surface area contributed by atoms with E-state index in [0.717, 1.165) is 4.47 Å². The molecule has 8 heteroatoms. The van der Waals surface area contributed by atoms with Gasteiger partial charge in [-0.3, -0.25) is 9.59 Å². The number of amides is 2. The van der Waals surface area contributed by atoms with E-state index in [1.165, 1.54) is 13.2 Å². The summed E-state index contributed by atoms with van der Waals surface area (Å²) in [5, 5.41) is 5.27. The largest absolute Gasteiger partial charge is 0.496 e. The van der Waals surface area contributed by atoms with Crippen molar-refractivity contribution in [3.8, 4) is 5.75 Å². The maximum Gasteiger partial charge on any atom is 0.331 e. The molecule has 0 fully saturated rings. The molecule has 0 spiro atoms. The third-order valence-corrected chi connectivity index (χ3v) is 4.18. The molecule has 0 aliphatic carbocycles. The fraction of sp³-hybridized carbons (Fsp3) is 0.190. The van der Waals surface area contributed by atoms with E-state index in [1.54, 1.807) is 42.5 Å². The average Bonchev–Trinajstić information content (AvgIpc) is 2.71. The Morgan fingerprint density at radius 1 is 1.14 bits per heavy atom. The van der Waals surface area contributed by atoms with Crippen molar-refractivity contribution < 1.29 is 23.9 Å². The van der Waals surface area contributed by atoms with Gasteiger partial charge in [-0.15, -0.1) is 0 Å². The zero-order chi connectivity index (χ0) is 21.2. The van der Waals surface area contributed by atoms with Crippen molar-refractivity contribution >= 4 is 45.5 Å². The molecule has 0 atom stereocenters. The minimum absolute atomic E-state index is 0.233. The molecule has 2 amide bonds. The van der Waals surface area contributed by atoms with Crippen molar-refractivity contribution in [2.24, 2.45) is 0 Å².